The molecule has 1 aliphatic carbocycles. The lowest BCUT2D eigenvalue weighted by Gasteiger charge is -2.01. The highest BCUT2D eigenvalue weighted by atomic mass is 32.2. The average molecular weight is 219 g/mol. The van der Waals surface area contributed by atoms with Gasteiger partial charge in [0, 0.05) is 4.88 Å². The highest BCUT2D eigenvalue weighted by Gasteiger charge is 2.43. The smallest absolute Gasteiger partial charge is 0.247 e. The Morgan fingerprint density at radius 3 is 2.46 bits per heavy atom. The Morgan fingerprint density at radius 1 is 1.46 bits per heavy atom. The van der Waals surface area contributed by atoms with E-state index in [-0.39, 0.29) is 4.21 Å². The van der Waals surface area contributed by atoms with Crippen LogP contribution in [0.5, 0.6) is 0 Å². The zero-order valence-corrected chi connectivity index (χ0v) is 8.36. The number of rotatable bonds is 2. The number of thiophene rings is 1. The molecule has 3 N–H and O–H groups in total. The van der Waals surface area contributed by atoms with Gasteiger partial charge in [-0.3, -0.25) is 0 Å². The van der Waals surface area contributed by atoms with Gasteiger partial charge >= 0.3 is 0 Å². The molecule has 1 aromatic rings. The standard InChI is InChI=1S/C7H9NO3S2/c8-13(10,11)6-2-1-5(12-6)7(9)3-4-7/h1-2,9H,3-4H2,(H2,8,10,11). The molecule has 1 aliphatic rings. The van der Waals surface area contributed by atoms with Crippen molar-refractivity contribution in [3.8, 4) is 0 Å². The van der Waals surface area contributed by atoms with E-state index in [1.807, 2.05) is 0 Å². The van der Waals surface area contributed by atoms with Gasteiger partial charge < -0.3 is 5.11 Å². The molecule has 4 nitrogen and oxygen atoms in total. The molecule has 6 heteroatoms. The number of primary sulfonamides is 1. The number of sulfonamides is 1. The van der Waals surface area contributed by atoms with Crippen molar-refractivity contribution in [1.82, 2.24) is 0 Å². The summed E-state index contributed by atoms with van der Waals surface area (Å²) in [4.78, 5) is 0.691. The zero-order valence-electron chi connectivity index (χ0n) is 6.73. The van der Waals surface area contributed by atoms with Crippen LogP contribution in [0.2, 0.25) is 0 Å². The summed E-state index contributed by atoms with van der Waals surface area (Å²) in [6.45, 7) is 0. The maximum atomic E-state index is 10.9. The summed E-state index contributed by atoms with van der Waals surface area (Å²) in [5.74, 6) is 0. The third kappa shape index (κ3) is 1.62. The van der Waals surface area contributed by atoms with Crippen LogP contribution in [-0.2, 0) is 15.6 Å². The predicted molar refractivity (Wildman–Crippen MR) is 48.8 cm³/mol. The van der Waals surface area contributed by atoms with Crippen LogP contribution in [0.4, 0.5) is 0 Å². The summed E-state index contributed by atoms with van der Waals surface area (Å²) in [6, 6.07) is 3.06. The molecule has 0 amide bonds. The highest BCUT2D eigenvalue weighted by Crippen LogP contribution is 2.48. The van der Waals surface area contributed by atoms with E-state index in [1.165, 1.54) is 6.07 Å². The van der Waals surface area contributed by atoms with E-state index >= 15 is 0 Å². The van der Waals surface area contributed by atoms with Crippen LogP contribution >= 0.6 is 11.3 Å². The molecule has 0 unspecified atom stereocenters. The second-order valence-corrected chi connectivity index (χ2v) is 6.07. The maximum Gasteiger partial charge on any atom is 0.247 e. The van der Waals surface area contributed by atoms with Crippen molar-refractivity contribution in [2.24, 2.45) is 5.14 Å². The minimum absolute atomic E-state index is 0.114. The first-order valence-electron chi connectivity index (χ1n) is 3.77. The lowest BCUT2D eigenvalue weighted by atomic mass is 10.3. The van der Waals surface area contributed by atoms with Crippen LogP contribution in [0.3, 0.4) is 0 Å². The number of hydrogen-bond acceptors (Lipinski definition) is 4. The first-order chi connectivity index (χ1) is 5.92. The van der Waals surface area contributed by atoms with Crippen LogP contribution in [0, 0.1) is 0 Å². The van der Waals surface area contributed by atoms with Crippen molar-refractivity contribution in [1.29, 1.82) is 0 Å². The molecule has 72 valence electrons. The second-order valence-electron chi connectivity index (χ2n) is 3.20. The van der Waals surface area contributed by atoms with Crippen molar-refractivity contribution >= 4 is 21.4 Å². The minimum Gasteiger partial charge on any atom is -0.384 e. The summed E-state index contributed by atoms with van der Waals surface area (Å²) >= 11 is 1.05. The molecule has 1 aromatic heterocycles. The van der Waals surface area contributed by atoms with Gasteiger partial charge in [0.2, 0.25) is 10.0 Å². The fraction of sp³-hybridized carbons (Fsp3) is 0.429. The predicted octanol–water partition coefficient (Wildman–Crippen LogP) is 0.377. The third-order valence-corrected chi connectivity index (χ3v) is 4.76. The fourth-order valence-corrected chi connectivity index (χ4v) is 2.96. The van der Waals surface area contributed by atoms with Crippen LogP contribution in [-0.4, -0.2) is 13.5 Å². The number of hydrogen-bond donors (Lipinski definition) is 2. The normalized spacial score (nSPS) is 20.2. The summed E-state index contributed by atoms with van der Waals surface area (Å²) in [5, 5.41) is 14.6. The lowest BCUT2D eigenvalue weighted by Crippen LogP contribution is -2.10. The quantitative estimate of drug-likeness (QED) is 0.754. The van der Waals surface area contributed by atoms with Crippen molar-refractivity contribution < 1.29 is 13.5 Å². The maximum absolute atomic E-state index is 10.9. The van der Waals surface area contributed by atoms with Gasteiger partial charge in [0.05, 0.1) is 5.60 Å². The second kappa shape index (κ2) is 2.54. The fourth-order valence-electron chi connectivity index (χ4n) is 1.09. The van der Waals surface area contributed by atoms with Crippen LogP contribution < -0.4 is 5.14 Å². The van der Waals surface area contributed by atoms with E-state index in [2.05, 4.69) is 0 Å². The van der Waals surface area contributed by atoms with E-state index in [0.29, 0.717) is 17.7 Å². The molecular weight excluding hydrogens is 210 g/mol. The summed E-state index contributed by atoms with van der Waals surface area (Å²) in [6.07, 6.45) is 1.41. The Bertz CT molecular complexity index is 430. The van der Waals surface area contributed by atoms with E-state index in [4.69, 9.17) is 5.14 Å². The van der Waals surface area contributed by atoms with Gasteiger partial charge in [0.1, 0.15) is 4.21 Å². The largest absolute Gasteiger partial charge is 0.384 e. The van der Waals surface area contributed by atoms with E-state index < -0.39 is 15.6 Å². The monoisotopic (exact) mass is 219 g/mol. The van der Waals surface area contributed by atoms with Crippen LogP contribution in [0.25, 0.3) is 0 Å². The summed E-state index contributed by atoms with van der Waals surface area (Å²) < 4.78 is 21.9. The summed E-state index contributed by atoms with van der Waals surface area (Å²) in [7, 11) is -3.61. The van der Waals surface area contributed by atoms with E-state index in [0.717, 1.165) is 11.3 Å². The van der Waals surface area contributed by atoms with Gasteiger partial charge in [0.25, 0.3) is 0 Å². The highest BCUT2D eigenvalue weighted by molar-refractivity contribution is 7.91. The molecule has 0 aromatic carbocycles. The Morgan fingerprint density at radius 2 is 2.08 bits per heavy atom. The first-order valence-corrected chi connectivity index (χ1v) is 6.14. The molecule has 13 heavy (non-hydrogen) atoms. The molecule has 0 atom stereocenters. The van der Waals surface area contributed by atoms with Gasteiger partial charge in [-0.1, -0.05) is 0 Å². The summed E-state index contributed by atoms with van der Waals surface area (Å²) in [5.41, 5.74) is -0.770. The zero-order chi connectivity index (χ0) is 9.69. The van der Waals surface area contributed by atoms with Gasteiger partial charge in [-0.15, -0.1) is 11.3 Å². The molecule has 0 bridgehead atoms. The SMILES string of the molecule is NS(=O)(=O)c1ccc(C2(O)CC2)s1. The topological polar surface area (TPSA) is 80.4 Å². The Balaban J connectivity index is 2.39. The average Bonchev–Trinajstić information content (AvgIpc) is 2.60. The van der Waals surface area contributed by atoms with Crippen LogP contribution in [0.15, 0.2) is 16.3 Å². The first kappa shape index (κ1) is 9.14. The van der Waals surface area contributed by atoms with E-state index in [1.54, 1.807) is 6.07 Å². The third-order valence-electron chi connectivity index (χ3n) is 2.04. The number of nitrogens with two attached hydrogens (primary N) is 1. The van der Waals surface area contributed by atoms with Gasteiger partial charge in [0.15, 0.2) is 0 Å². The van der Waals surface area contributed by atoms with Crippen molar-refractivity contribution in [2.75, 3.05) is 0 Å². The Hall–Kier alpha value is -0.430. The molecule has 1 heterocycles. The number of aliphatic hydroxyl groups is 1. The molecule has 1 saturated carbocycles. The van der Waals surface area contributed by atoms with Gasteiger partial charge in [-0.25, -0.2) is 13.6 Å². The molecule has 0 spiro atoms. The molecule has 1 fully saturated rings. The van der Waals surface area contributed by atoms with Crippen molar-refractivity contribution in [3.05, 3.63) is 17.0 Å². The lowest BCUT2D eigenvalue weighted by molar-refractivity contribution is 0.155. The minimum atomic E-state index is -3.61. The molecule has 0 radical (unpaired) electrons. The molecule has 0 aliphatic heterocycles. The van der Waals surface area contributed by atoms with Crippen molar-refractivity contribution in [3.63, 3.8) is 0 Å². The molecule has 2 rings (SSSR count). The Kier molecular flexibility index (Phi) is 1.78. The molecular formula is C7H9NO3S2. The molecule has 0 saturated heterocycles. The van der Waals surface area contributed by atoms with Gasteiger partial charge in [-0.2, -0.15) is 0 Å². The van der Waals surface area contributed by atoms with Gasteiger partial charge in [-0.05, 0) is 25.0 Å². The Labute approximate surface area is 80.1 Å². The van der Waals surface area contributed by atoms with E-state index in [9.17, 15) is 13.5 Å². The van der Waals surface area contributed by atoms with Crippen molar-refractivity contribution in [2.45, 2.75) is 22.7 Å². The van der Waals surface area contributed by atoms with Crippen LogP contribution in [0.1, 0.15) is 17.7 Å².